The Hall–Kier alpha value is -1.76. The van der Waals surface area contributed by atoms with Crippen molar-refractivity contribution < 1.29 is 27.9 Å². The summed E-state index contributed by atoms with van der Waals surface area (Å²) < 4.78 is 37.2. The number of anilines is 1. The topological polar surface area (TPSA) is 66.4 Å². The van der Waals surface area contributed by atoms with Crippen molar-refractivity contribution in [2.24, 2.45) is 5.92 Å². The molecule has 0 unspecified atom stereocenters. The monoisotopic (exact) mass is 337 g/mol. The number of carboxylic acids is 1. The number of halogens is 4. The zero-order chi connectivity index (χ0) is 16.9. The molecule has 2 N–H and O–H groups in total. The van der Waals surface area contributed by atoms with E-state index in [0.29, 0.717) is 5.56 Å². The van der Waals surface area contributed by atoms with Gasteiger partial charge in [-0.3, -0.25) is 9.59 Å². The van der Waals surface area contributed by atoms with Gasteiger partial charge in [0.15, 0.2) is 0 Å². The molecular weight excluding hydrogens is 323 g/mol. The summed E-state index contributed by atoms with van der Waals surface area (Å²) in [6, 6.07) is 4.52. The van der Waals surface area contributed by atoms with Gasteiger partial charge >= 0.3 is 12.1 Å². The predicted octanol–water partition coefficient (Wildman–Crippen LogP) is 3.88. The molecule has 0 spiro atoms. The first kappa shape index (κ1) is 18.3. The average Bonchev–Trinajstić information content (AvgIpc) is 2.38. The van der Waals surface area contributed by atoms with E-state index in [2.05, 4.69) is 5.32 Å². The van der Waals surface area contributed by atoms with Crippen LogP contribution in [0, 0.1) is 5.92 Å². The SMILES string of the molecule is C[C@H](CC(=O)Nc1cc(CCC(=O)O)ccc1Cl)C(F)(F)F. The van der Waals surface area contributed by atoms with Crippen LogP contribution in [0.15, 0.2) is 18.2 Å². The third-order valence-electron chi connectivity index (χ3n) is 2.98. The van der Waals surface area contributed by atoms with Crippen LogP contribution < -0.4 is 5.32 Å². The molecule has 1 rings (SSSR count). The van der Waals surface area contributed by atoms with E-state index in [9.17, 15) is 22.8 Å². The second-order valence-corrected chi connectivity index (χ2v) is 5.31. The van der Waals surface area contributed by atoms with Crippen molar-refractivity contribution >= 4 is 29.2 Å². The summed E-state index contributed by atoms with van der Waals surface area (Å²) in [5.74, 6) is -3.54. The normalized spacial score (nSPS) is 12.8. The molecule has 0 aromatic heterocycles. The Labute approximate surface area is 130 Å². The first-order valence-corrected chi connectivity index (χ1v) is 6.84. The van der Waals surface area contributed by atoms with Crippen LogP contribution in [-0.2, 0) is 16.0 Å². The summed E-state index contributed by atoms with van der Waals surface area (Å²) >= 11 is 5.88. The minimum absolute atomic E-state index is 0.0971. The first-order valence-electron chi connectivity index (χ1n) is 6.46. The van der Waals surface area contributed by atoms with E-state index in [1.54, 1.807) is 6.07 Å². The lowest BCUT2D eigenvalue weighted by molar-refractivity contribution is -0.173. The standard InChI is InChI=1S/C14H15ClF3NO3/c1-8(14(16,17)18)6-12(20)19-11-7-9(2-4-10(11)15)3-5-13(21)22/h2,4,7-8H,3,5-6H2,1H3,(H,19,20)(H,21,22)/t8-/m1/s1. The maximum absolute atomic E-state index is 12.4. The summed E-state index contributed by atoms with van der Waals surface area (Å²) in [6.07, 6.45) is -5.02. The number of aliphatic carboxylic acids is 1. The van der Waals surface area contributed by atoms with Crippen LogP contribution in [0.3, 0.4) is 0 Å². The first-order chi connectivity index (χ1) is 10.1. The molecule has 22 heavy (non-hydrogen) atoms. The molecule has 1 amide bonds. The summed E-state index contributed by atoms with van der Waals surface area (Å²) in [7, 11) is 0. The largest absolute Gasteiger partial charge is 0.481 e. The Morgan fingerprint density at radius 2 is 2.00 bits per heavy atom. The van der Waals surface area contributed by atoms with Gasteiger partial charge in [-0.15, -0.1) is 0 Å². The van der Waals surface area contributed by atoms with E-state index >= 15 is 0 Å². The highest BCUT2D eigenvalue weighted by molar-refractivity contribution is 6.33. The van der Waals surface area contributed by atoms with Crippen LogP contribution >= 0.6 is 11.6 Å². The van der Waals surface area contributed by atoms with Gasteiger partial charge < -0.3 is 10.4 Å². The van der Waals surface area contributed by atoms with Crippen LogP contribution in [0.1, 0.15) is 25.3 Å². The summed E-state index contributed by atoms with van der Waals surface area (Å²) in [4.78, 5) is 22.2. The van der Waals surface area contributed by atoms with Gasteiger partial charge in [-0.1, -0.05) is 24.6 Å². The van der Waals surface area contributed by atoms with Crippen molar-refractivity contribution in [3.8, 4) is 0 Å². The Kier molecular flexibility index (Phi) is 6.22. The fraction of sp³-hybridized carbons (Fsp3) is 0.429. The predicted molar refractivity (Wildman–Crippen MR) is 75.9 cm³/mol. The Morgan fingerprint density at radius 3 is 2.55 bits per heavy atom. The molecule has 0 heterocycles. The molecule has 1 atom stereocenters. The van der Waals surface area contributed by atoms with Gasteiger partial charge in [0.25, 0.3) is 0 Å². The molecule has 1 aromatic carbocycles. The van der Waals surface area contributed by atoms with Gasteiger partial charge in [0.2, 0.25) is 5.91 Å². The molecule has 0 radical (unpaired) electrons. The molecule has 4 nitrogen and oxygen atoms in total. The minimum atomic E-state index is -4.44. The number of alkyl halides is 3. The van der Waals surface area contributed by atoms with Crippen LogP contribution in [0.5, 0.6) is 0 Å². The number of hydrogen-bond acceptors (Lipinski definition) is 2. The average molecular weight is 338 g/mol. The van der Waals surface area contributed by atoms with Crippen molar-refractivity contribution in [3.05, 3.63) is 28.8 Å². The fourth-order valence-electron chi connectivity index (χ4n) is 1.67. The number of carbonyl (C=O) groups excluding carboxylic acids is 1. The number of rotatable bonds is 6. The molecule has 0 aliphatic rings. The fourth-order valence-corrected chi connectivity index (χ4v) is 1.83. The molecule has 0 aliphatic carbocycles. The van der Waals surface area contributed by atoms with Crippen molar-refractivity contribution in [1.29, 1.82) is 0 Å². The molecule has 0 fully saturated rings. The molecule has 0 saturated heterocycles. The van der Waals surface area contributed by atoms with Crippen molar-refractivity contribution in [2.75, 3.05) is 5.32 Å². The van der Waals surface area contributed by atoms with Crippen LogP contribution in [-0.4, -0.2) is 23.2 Å². The van der Waals surface area contributed by atoms with E-state index in [1.165, 1.54) is 12.1 Å². The van der Waals surface area contributed by atoms with Crippen molar-refractivity contribution in [1.82, 2.24) is 0 Å². The Balaban J connectivity index is 2.73. The van der Waals surface area contributed by atoms with Crippen LogP contribution in [0.2, 0.25) is 5.02 Å². The Morgan fingerprint density at radius 1 is 1.36 bits per heavy atom. The zero-order valence-electron chi connectivity index (χ0n) is 11.7. The van der Waals surface area contributed by atoms with Crippen molar-refractivity contribution in [3.63, 3.8) is 0 Å². The smallest absolute Gasteiger partial charge is 0.392 e. The van der Waals surface area contributed by atoms with Gasteiger partial charge in [0, 0.05) is 12.8 Å². The van der Waals surface area contributed by atoms with Crippen LogP contribution in [0.4, 0.5) is 18.9 Å². The molecule has 1 aromatic rings. The third-order valence-corrected chi connectivity index (χ3v) is 3.31. The summed E-state index contributed by atoms with van der Waals surface area (Å²) in [5, 5.41) is 11.1. The number of aryl methyl sites for hydroxylation is 1. The lowest BCUT2D eigenvalue weighted by Gasteiger charge is -2.15. The quantitative estimate of drug-likeness (QED) is 0.827. The number of benzene rings is 1. The maximum atomic E-state index is 12.4. The van der Waals surface area contributed by atoms with E-state index in [-0.39, 0.29) is 23.6 Å². The third kappa shape index (κ3) is 5.93. The molecule has 0 saturated carbocycles. The summed E-state index contributed by atoms with van der Waals surface area (Å²) in [6.45, 7) is 0.921. The van der Waals surface area contributed by atoms with Gasteiger partial charge in [0.05, 0.1) is 16.6 Å². The molecule has 8 heteroatoms. The van der Waals surface area contributed by atoms with Gasteiger partial charge in [-0.2, -0.15) is 13.2 Å². The van der Waals surface area contributed by atoms with E-state index in [4.69, 9.17) is 16.7 Å². The lowest BCUT2D eigenvalue weighted by Crippen LogP contribution is -2.25. The number of nitrogens with one attached hydrogen (secondary N) is 1. The molecule has 122 valence electrons. The molecule has 0 aliphatic heterocycles. The Bertz CT molecular complexity index is 561. The highest BCUT2D eigenvalue weighted by Gasteiger charge is 2.37. The summed E-state index contributed by atoms with van der Waals surface area (Å²) in [5.41, 5.74) is 0.787. The van der Waals surface area contributed by atoms with Gasteiger partial charge in [-0.05, 0) is 24.1 Å². The minimum Gasteiger partial charge on any atom is -0.481 e. The molecule has 0 bridgehead atoms. The second kappa shape index (κ2) is 7.49. The van der Waals surface area contributed by atoms with Crippen LogP contribution in [0.25, 0.3) is 0 Å². The van der Waals surface area contributed by atoms with E-state index < -0.39 is 30.4 Å². The number of amides is 1. The van der Waals surface area contributed by atoms with Crippen molar-refractivity contribution in [2.45, 2.75) is 32.4 Å². The highest BCUT2D eigenvalue weighted by atomic mass is 35.5. The number of hydrogen-bond donors (Lipinski definition) is 2. The zero-order valence-corrected chi connectivity index (χ0v) is 12.5. The maximum Gasteiger partial charge on any atom is 0.392 e. The second-order valence-electron chi connectivity index (χ2n) is 4.90. The van der Waals surface area contributed by atoms with Gasteiger partial charge in [-0.25, -0.2) is 0 Å². The van der Waals surface area contributed by atoms with Gasteiger partial charge in [0.1, 0.15) is 0 Å². The number of carboxylic acid groups (broad SMARTS) is 1. The van der Waals surface area contributed by atoms with E-state index in [0.717, 1.165) is 6.92 Å². The highest BCUT2D eigenvalue weighted by Crippen LogP contribution is 2.29. The van der Waals surface area contributed by atoms with E-state index in [1.807, 2.05) is 0 Å². The molecular formula is C14H15ClF3NO3. The number of carbonyl (C=O) groups is 2. The lowest BCUT2D eigenvalue weighted by atomic mass is 10.1.